The zero-order valence-electron chi connectivity index (χ0n) is 5.69. The Labute approximate surface area is 58.7 Å². The Morgan fingerprint density at radius 2 is 2.50 bits per heavy atom. The van der Waals surface area contributed by atoms with Gasteiger partial charge in [0.1, 0.15) is 6.10 Å². The summed E-state index contributed by atoms with van der Waals surface area (Å²) in [5, 5.41) is 9.05. The van der Waals surface area contributed by atoms with E-state index in [1.807, 2.05) is 0 Å². The van der Waals surface area contributed by atoms with E-state index in [1.54, 1.807) is 0 Å². The van der Waals surface area contributed by atoms with Crippen molar-refractivity contribution in [1.29, 1.82) is 0 Å². The first-order valence-electron chi connectivity index (χ1n) is 3.09. The van der Waals surface area contributed by atoms with Crippen LogP contribution < -0.4 is 0 Å². The molecule has 1 heterocycles. The SMILES string of the molecule is CO[C@@H]1C[C@@H](O)[C@@H](C=O)O1. The van der Waals surface area contributed by atoms with Gasteiger partial charge in [0.2, 0.25) is 0 Å². The Morgan fingerprint density at radius 3 is 2.80 bits per heavy atom. The molecule has 4 heteroatoms. The quantitative estimate of drug-likeness (QED) is 0.524. The number of hydrogen-bond donors (Lipinski definition) is 1. The molecular weight excluding hydrogens is 136 g/mol. The third-order valence-electron chi connectivity index (χ3n) is 1.52. The number of rotatable bonds is 2. The second-order valence-electron chi connectivity index (χ2n) is 2.21. The van der Waals surface area contributed by atoms with E-state index in [4.69, 9.17) is 14.6 Å². The highest BCUT2D eigenvalue weighted by atomic mass is 16.7. The molecule has 0 radical (unpaired) electrons. The molecule has 4 nitrogen and oxygen atoms in total. The molecule has 1 saturated heterocycles. The van der Waals surface area contributed by atoms with Crippen LogP contribution in [-0.2, 0) is 14.3 Å². The zero-order chi connectivity index (χ0) is 7.56. The predicted molar refractivity (Wildman–Crippen MR) is 32.4 cm³/mol. The molecule has 1 rings (SSSR count). The lowest BCUT2D eigenvalue weighted by molar-refractivity contribution is -0.138. The molecule has 0 aromatic heterocycles. The Kier molecular flexibility index (Phi) is 2.37. The number of methoxy groups -OCH3 is 1. The summed E-state index contributed by atoms with van der Waals surface area (Å²) >= 11 is 0. The lowest BCUT2D eigenvalue weighted by atomic mass is 10.2. The van der Waals surface area contributed by atoms with Gasteiger partial charge in [-0.3, -0.25) is 0 Å². The fourth-order valence-electron chi connectivity index (χ4n) is 0.927. The van der Waals surface area contributed by atoms with Crippen LogP contribution in [0.4, 0.5) is 0 Å². The van der Waals surface area contributed by atoms with Crippen LogP contribution in [0.1, 0.15) is 6.42 Å². The van der Waals surface area contributed by atoms with E-state index in [2.05, 4.69) is 0 Å². The number of carbonyl (C=O) groups excluding carboxylic acids is 1. The molecular formula is C6H10O4. The highest BCUT2D eigenvalue weighted by Gasteiger charge is 2.33. The normalized spacial score (nSPS) is 40.0. The van der Waals surface area contributed by atoms with Crippen LogP contribution in [0.3, 0.4) is 0 Å². The molecule has 10 heavy (non-hydrogen) atoms. The van der Waals surface area contributed by atoms with Crippen molar-refractivity contribution in [3.63, 3.8) is 0 Å². The third-order valence-corrected chi connectivity index (χ3v) is 1.52. The van der Waals surface area contributed by atoms with E-state index in [-0.39, 0.29) is 0 Å². The van der Waals surface area contributed by atoms with Crippen LogP contribution in [0.25, 0.3) is 0 Å². The summed E-state index contributed by atoms with van der Waals surface area (Å²) in [5.74, 6) is 0. The van der Waals surface area contributed by atoms with E-state index in [9.17, 15) is 4.79 Å². The van der Waals surface area contributed by atoms with Crippen molar-refractivity contribution in [2.45, 2.75) is 24.9 Å². The molecule has 1 N–H and O–H groups in total. The van der Waals surface area contributed by atoms with Crippen molar-refractivity contribution in [3.05, 3.63) is 0 Å². The lowest BCUT2D eigenvalue weighted by Gasteiger charge is -2.05. The van der Waals surface area contributed by atoms with E-state index >= 15 is 0 Å². The van der Waals surface area contributed by atoms with Crippen LogP contribution in [0.15, 0.2) is 0 Å². The summed E-state index contributed by atoms with van der Waals surface area (Å²) in [6.45, 7) is 0. The molecule has 0 aromatic rings. The molecule has 58 valence electrons. The van der Waals surface area contributed by atoms with Gasteiger partial charge in [-0.05, 0) is 0 Å². The monoisotopic (exact) mass is 146 g/mol. The maximum absolute atomic E-state index is 10.1. The Hall–Kier alpha value is -0.450. The number of aliphatic hydroxyl groups excluding tert-OH is 1. The maximum Gasteiger partial charge on any atom is 0.160 e. The Morgan fingerprint density at radius 1 is 1.80 bits per heavy atom. The minimum atomic E-state index is -0.706. The summed E-state index contributed by atoms with van der Waals surface area (Å²) < 4.78 is 9.70. The smallest absolute Gasteiger partial charge is 0.160 e. The summed E-state index contributed by atoms with van der Waals surface area (Å²) in [7, 11) is 1.48. The largest absolute Gasteiger partial charge is 0.390 e. The van der Waals surface area contributed by atoms with Crippen LogP contribution in [-0.4, -0.2) is 37.0 Å². The van der Waals surface area contributed by atoms with E-state index < -0.39 is 18.5 Å². The van der Waals surface area contributed by atoms with Gasteiger partial charge in [0.25, 0.3) is 0 Å². The first-order valence-corrected chi connectivity index (χ1v) is 3.09. The van der Waals surface area contributed by atoms with E-state index in [0.29, 0.717) is 12.7 Å². The minimum Gasteiger partial charge on any atom is -0.390 e. The fraction of sp³-hybridized carbons (Fsp3) is 0.833. The van der Waals surface area contributed by atoms with Crippen molar-refractivity contribution >= 4 is 6.29 Å². The predicted octanol–water partition coefficient (Wildman–Crippen LogP) is -0.692. The van der Waals surface area contributed by atoms with Crippen molar-refractivity contribution in [1.82, 2.24) is 0 Å². The standard InChI is InChI=1S/C6H10O4/c1-9-6-2-4(8)5(3-7)10-6/h3-6,8H,2H2,1H3/t4-,5-,6+/m1/s1. The van der Waals surface area contributed by atoms with E-state index in [0.717, 1.165) is 0 Å². The van der Waals surface area contributed by atoms with Crippen LogP contribution in [0, 0.1) is 0 Å². The van der Waals surface area contributed by atoms with Gasteiger partial charge < -0.3 is 19.4 Å². The van der Waals surface area contributed by atoms with E-state index in [1.165, 1.54) is 7.11 Å². The van der Waals surface area contributed by atoms with Gasteiger partial charge in [0.05, 0.1) is 6.10 Å². The molecule has 0 saturated carbocycles. The molecule has 0 bridgehead atoms. The number of aliphatic hydroxyl groups is 1. The molecule has 0 unspecified atom stereocenters. The minimum absolute atomic E-state index is 0.375. The number of aldehydes is 1. The van der Waals surface area contributed by atoms with Gasteiger partial charge in [-0.1, -0.05) is 0 Å². The summed E-state index contributed by atoms with van der Waals surface area (Å²) in [6, 6.07) is 0. The summed E-state index contributed by atoms with van der Waals surface area (Å²) in [4.78, 5) is 10.1. The topological polar surface area (TPSA) is 55.8 Å². The average Bonchev–Trinajstić information content (AvgIpc) is 2.30. The van der Waals surface area contributed by atoms with Crippen LogP contribution >= 0.6 is 0 Å². The number of ether oxygens (including phenoxy) is 2. The summed E-state index contributed by atoms with van der Waals surface area (Å²) in [6.07, 6.45) is -0.874. The third kappa shape index (κ3) is 1.34. The molecule has 0 aliphatic carbocycles. The first-order chi connectivity index (χ1) is 4.77. The second-order valence-corrected chi connectivity index (χ2v) is 2.21. The zero-order valence-corrected chi connectivity index (χ0v) is 5.69. The molecule has 3 atom stereocenters. The molecule has 0 aromatic carbocycles. The Balaban J connectivity index is 2.43. The van der Waals surface area contributed by atoms with Gasteiger partial charge in [-0.2, -0.15) is 0 Å². The van der Waals surface area contributed by atoms with Gasteiger partial charge in [0.15, 0.2) is 12.6 Å². The Bertz CT molecular complexity index is 125. The average molecular weight is 146 g/mol. The molecule has 0 spiro atoms. The van der Waals surface area contributed by atoms with Crippen molar-refractivity contribution in [2.75, 3.05) is 7.11 Å². The lowest BCUT2D eigenvalue weighted by Crippen LogP contribution is -2.21. The van der Waals surface area contributed by atoms with Crippen LogP contribution in [0.2, 0.25) is 0 Å². The van der Waals surface area contributed by atoms with Crippen molar-refractivity contribution in [3.8, 4) is 0 Å². The fourth-order valence-corrected chi connectivity index (χ4v) is 0.927. The first kappa shape index (κ1) is 7.65. The highest BCUT2D eigenvalue weighted by molar-refractivity contribution is 5.57. The van der Waals surface area contributed by atoms with Crippen molar-refractivity contribution in [2.24, 2.45) is 0 Å². The maximum atomic E-state index is 10.1. The number of hydrogen-bond acceptors (Lipinski definition) is 4. The van der Waals surface area contributed by atoms with Gasteiger partial charge in [-0.15, -0.1) is 0 Å². The van der Waals surface area contributed by atoms with Gasteiger partial charge >= 0.3 is 0 Å². The molecule has 1 aliphatic rings. The number of carbonyl (C=O) groups is 1. The van der Waals surface area contributed by atoms with Gasteiger partial charge in [-0.25, -0.2) is 0 Å². The van der Waals surface area contributed by atoms with Crippen molar-refractivity contribution < 1.29 is 19.4 Å². The highest BCUT2D eigenvalue weighted by Crippen LogP contribution is 2.18. The van der Waals surface area contributed by atoms with Gasteiger partial charge in [0, 0.05) is 13.5 Å². The summed E-state index contributed by atoms with van der Waals surface area (Å²) in [5.41, 5.74) is 0. The molecule has 0 amide bonds. The molecule has 1 fully saturated rings. The molecule has 1 aliphatic heterocycles. The van der Waals surface area contributed by atoms with Crippen LogP contribution in [0.5, 0.6) is 0 Å². The second kappa shape index (κ2) is 3.09.